The summed E-state index contributed by atoms with van der Waals surface area (Å²) < 4.78 is 5.76. The molecule has 5 nitrogen and oxygen atoms in total. The van der Waals surface area contributed by atoms with Crippen LogP contribution in [0.15, 0.2) is 48.5 Å². The summed E-state index contributed by atoms with van der Waals surface area (Å²) in [6.07, 6.45) is 2.35. The molecule has 26 heavy (non-hydrogen) atoms. The highest BCUT2D eigenvalue weighted by atomic mass is 16.5. The maximum atomic E-state index is 12.5. The smallest absolute Gasteiger partial charge is 0.251 e. The number of rotatable bonds is 4. The van der Waals surface area contributed by atoms with Crippen molar-refractivity contribution in [3.05, 3.63) is 59.7 Å². The third-order valence-electron chi connectivity index (χ3n) is 5.32. The topological polar surface area (TPSA) is 65.4 Å². The molecule has 3 fully saturated rings. The van der Waals surface area contributed by atoms with Gasteiger partial charge in [0.15, 0.2) is 0 Å². The van der Waals surface area contributed by atoms with Gasteiger partial charge in [0, 0.05) is 18.2 Å². The molecule has 2 aromatic rings. The molecule has 3 aliphatic rings. The van der Waals surface area contributed by atoms with Crippen LogP contribution in [0.25, 0.3) is 0 Å². The van der Waals surface area contributed by atoms with E-state index in [9.17, 15) is 4.79 Å². The predicted molar refractivity (Wildman–Crippen MR) is 98.1 cm³/mol. The number of benzene rings is 2. The van der Waals surface area contributed by atoms with Crippen LogP contribution in [-0.2, 0) is 0 Å². The maximum absolute atomic E-state index is 12.5. The van der Waals surface area contributed by atoms with E-state index in [4.69, 9.17) is 10.00 Å². The zero-order valence-electron chi connectivity index (χ0n) is 14.5. The molecule has 1 atom stereocenters. The van der Waals surface area contributed by atoms with Crippen molar-refractivity contribution in [2.24, 2.45) is 5.92 Å². The fraction of sp³-hybridized carbons (Fsp3) is 0.333. The average molecular weight is 347 g/mol. The first-order valence-electron chi connectivity index (χ1n) is 9.03. The fourth-order valence-corrected chi connectivity index (χ4v) is 3.83. The van der Waals surface area contributed by atoms with E-state index < -0.39 is 0 Å². The molecule has 3 heterocycles. The Morgan fingerprint density at radius 3 is 2.50 bits per heavy atom. The molecule has 5 rings (SSSR count). The summed E-state index contributed by atoms with van der Waals surface area (Å²) in [6.45, 7) is 3.28. The van der Waals surface area contributed by atoms with Crippen LogP contribution in [0.2, 0.25) is 0 Å². The van der Waals surface area contributed by atoms with E-state index in [1.54, 1.807) is 42.5 Å². The van der Waals surface area contributed by atoms with E-state index >= 15 is 0 Å². The molecule has 0 aromatic heterocycles. The van der Waals surface area contributed by atoms with Gasteiger partial charge in [-0.3, -0.25) is 4.79 Å². The second-order valence-corrected chi connectivity index (χ2v) is 6.95. The number of hydrogen-bond acceptors (Lipinski definition) is 4. The molecule has 132 valence electrons. The first-order chi connectivity index (χ1) is 12.7. The third-order valence-corrected chi connectivity index (χ3v) is 5.32. The summed E-state index contributed by atoms with van der Waals surface area (Å²) >= 11 is 0. The van der Waals surface area contributed by atoms with E-state index in [-0.39, 0.29) is 11.9 Å². The number of carbonyl (C=O) groups is 1. The van der Waals surface area contributed by atoms with Crippen LogP contribution in [0, 0.1) is 17.2 Å². The Bertz CT molecular complexity index is 833. The number of nitrogens with one attached hydrogen (secondary N) is 1. The average Bonchev–Trinajstić information content (AvgIpc) is 2.70. The van der Waals surface area contributed by atoms with E-state index in [2.05, 4.69) is 16.3 Å². The minimum Gasteiger partial charge on any atom is -0.456 e. The molecule has 1 amide bonds. The van der Waals surface area contributed by atoms with Crippen molar-refractivity contribution in [3.8, 4) is 17.6 Å². The van der Waals surface area contributed by atoms with Gasteiger partial charge < -0.3 is 15.0 Å². The Labute approximate surface area is 153 Å². The highest BCUT2D eigenvalue weighted by molar-refractivity contribution is 5.94. The Balaban J connectivity index is 1.41. The number of para-hydroxylation sites is 1. The molecule has 2 aromatic carbocycles. The van der Waals surface area contributed by atoms with E-state index in [0.717, 1.165) is 19.6 Å². The van der Waals surface area contributed by atoms with Gasteiger partial charge in [-0.2, -0.15) is 5.26 Å². The summed E-state index contributed by atoms with van der Waals surface area (Å²) in [7, 11) is 0. The van der Waals surface area contributed by atoms with E-state index in [1.165, 1.54) is 12.8 Å². The number of carbonyl (C=O) groups excluding carboxylic acids is 1. The van der Waals surface area contributed by atoms with Gasteiger partial charge in [0.05, 0.1) is 5.56 Å². The summed E-state index contributed by atoms with van der Waals surface area (Å²) in [5, 5.41) is 12.3. The zero-order valence-corrected chi connectivity index (χ0v) is 14.5. The summed E-state index contributed by atoms with van der Waals surface area (Å²) in [5.41, 5.74) is 1.11. The Kier molecular flexibility index (Phi) is 4.59. The standard InChI is InChI=1S/C21H21N3O2/c22-13-17-3-1-2-4-20(17)26-18-7-5-16(6-8-18)21(25)23-19-14-24-11-9-15(19)10-12-24/h1-8,15,19H,9-12,14H2,(H,23,25). The Morgan fingerprint density at radius 2 is 1.85 bits per heavy atom. The molecule has 1 N–H and O–H groups in total. The van der Waals surface area contributed by atoms with Gasteiger partial charge >= 0.3 is 0 Å². The number of fused-ring (bicyclic) bond motifs is 3. The van der Waals surface area contributed by atoms with Gasteiger partial charge in [-0.25, -0.2) is 0 Å². The Morgan fingerprint density at radius 1 is 1.12 bits per heavy atom. The highest BCUT2D eigenvalue weighted by Gasteiger charge is 2.34. The van der Waals surface area contributed by atoms with Crippen molar-refractivity contribution < 1.29 is 9.53 Å². The molecule has 0 saturated carbocycles. The van der Waals surface area contributed by atoms with Gasteiger partial charge in [0.25, 0.3) is 5.91 Å². The summed E-state index contributed by atoms with van der Waals surface area (Å²) in [6, 6.07) is 16.5. The van der Waals surface area contributed by atoms with Crippen molar-refractivity contribution >= 4 is 5.91 Å². The normalized spacial score (nSPS) is 23.9. The maximum Gasteiger partial charge on any atom is 0.251 e. The predicted octanol–water partition coefficient (Wildman–Crippen LogP) is 3.17. The molecular weight excluding hydrogens is 326 g/mol. The quantitative estimate of drug-likeness (QED) is 0.922. The lowest BCUT2D eigenvalue weighted by atomic mass is 9.84. The second-order valence-electron chi connectivity index (χ2n) is 6.95. The lowest BCUT2D eigenvalue weighted by Gasteiger charge is -2.44. The third kappa shape index (κ3) is 3.42. The minimum absolute atomic E-state index is 0.0345. The molecule has 1 unspecified atom stereocenters. The molecule has 0 radical (unpaired) electrons. The van der Waals surface area contributed by atoms with Crippen molar-refractivity contribution in [2.45, 2.75) is 18.9 Å². The van der Waals surface area contributed by atoms with Crippen molar-refractivity contribution in [1.29, 1.82) is 5.26 Å². The number of amides is 1. The van der Waals surface area contributed by atoms with Crippen molar-refractivity contribution in [2.75, 3.05) is 19.6 Å². The van der Waals surface area contributed by atoms with Crippen LogP contribution in [0.3, 0.4) is 0 Å². The van der Waals surface area contributed by atoms with Crippen LogP contribution in [0.4, 0.5) is 0 Å². The monoisotopic (exact) mass is 347 g/mol. The molecular formula is C21H21N3O2. The lowest BCUT2D eigenvalue weighted by Crippen LogP contribution is -2.57. The van der Waals surface area contributed by atoms with Crippen molar-refractivity contribution in [3.63, 3.8) is 0 Å². The molecule has 3 aliphatic heterocycles. The first kappa shape index (κ1) is 16.6. The fourth-order valence-electron chi connectivity index (χ4n) is 3.83. The highest BCUT2D eigenvalue weighted by Crippen LogP contribution is 2.28. The largest absolute Gasteiger partial charge is 0.456 e. The van der Waals surface area contributed by atoms with Crippen LogP contribution in [0.5, 0.6) is 11.5 Å². The summed E-state index contributed by atoms with van der Waals surface area (Å²) in [5.74, 6) is 1.69. The van der Waals surface area contributed by atoms with Gasteiger partial charge in [-0.05, 0) is 68.2 Å². The Hall–Kier alpha value is -2.84. The number of nitriles is 1. The number of hydrogen-bond donors (Lipinski definition) is 1. The van der Waals surface area contributed by atoms with Crippen LogP contribution < -0.4 is 10.1 Å². The molecule has 2 bridgehead atoms. The second kappa shape index (κ2) is 7.19. The number of ether oxygens (including phenoxy) is 1. The van der Waals surface area contributed by atoms with Gasteiger partial charge in [0.2, 0.25) is 0 Å². The van der Waals surface area contributed by atoms with E-state index in [1.807, 2.05) is 6.07 Å². The number of piperidine rings is 3. The summed E-state index contributed by atoms with van der Waals surface area (Å²) in [4.78, 5) is 15.0. The van der Waals surface area contributed by atoms with Gasteiger partial charge in [-0.1, -0.05) is 12.1 Å². The van der Waals surface area contributed by atoms with Crippen molar-refractivity contribution in [1.82, 2.24) is 10.2 Å². The lowest BCUT2D eigenvalue weighted by molar-refractivity contribution is 0.0620. The molecule has 0 spiro atoms. The molecule has 3 saturated heterocycles. The first-order valence-corrected chi connectivity index (χ1v) is 9.03. The van der Waals surface area contributed by atoms with Gasteiger partial charge in [-0.15, -0.1) is 0 Å². The zero-order chi connectivity index (χ0) is 17.9. The molecule has 5 heteroatoms. The van der Waals surface area contributed by atoms with Crippen LogP contribution in [0.1, 0.15) is 28.8 Å². The van der Waals surface area contributed by atoms with Gasteiger partial charge in [0.1, 0.15) is 17.6 Å². The molecule has 0 aliphatic carbocycles. The van der Waals surface area contributed by atoms with Crippen LogP contribution >= 0.6 is 0 Å². The number of nitrogens with zero attached hydrogens (tertiary/aromatic N) is 2. The van der Waals surface area contributed by atoms with E-state index in [0.29, 0.717) is 28.5 Å². The minimum atomic E-state index is -0.0345. The SMILES string of the molecule is N#Cc1ccccc1Oc1ccc(C(=O)NC2CN3CCC2CC3)cc1. The van der Waals surface area contributed by atoms with Crippen LogP contribution in [-0.4, -0.2) is 36.5 Å².